The molecular formula is C22H16S10. The molecule has 0 aliphatic carbocycles. The average molecular weight is 601 g/mol. The first-order chi connectivity index (χ1) is 15.7. The molecule has 10 heteroatoms. The quantitative estimate of drug-likeness (QED) is 0.183. The Morgan fingerprint density at radius 2 is 0.688 bits per heavy atom. The van der Waals surface area contributed by atoms with Crippen molar-refractivity contribution >= 4 is 117 Å². The number of fused-ring (bicyclic) bond motifs is 4. The molecule has 2 aromatic heterocycles. The van der Waals surface area contributed by atoms with Crippen LogP contribution in [0.1, 0.15) is 22.3 Å². The van der Waals surface area contributed by atoms with Gasteiger partial charge in [-0.1, -0.05) is 73.0 Å². The van der Waals surface area contributed by atoms with Gasteiger partial charge in [0, 0.05) is 23.0 Å². The molecule has 4 heterocycles. The van der Waals surface area contributed by atoms with Crippen molar-refractivity contribution in [2.45, 2.75) is 39.8 Å². The Kier molecular flexibility index (Phi) is 8.59. The smallest absolute Gasteiger partial charge is 0.109 e. The lowest BCUT2D eigenvalue weighted by Crippen LogP contribution is -1.92. The predicted octanol–water partition coefficient (Wildman–Crippen LogP) is 10.9. The molecule has 6 rings (SSSR count). The van der Waals surface area contributed by atoms with E-state index in [4.69, 9.17) is 24.4 Å². The first kappa shape index (κ1) is 24.1. The summed E-state index contributed by atoms with van der Waals surface area (Å²) < 4.78 is 7.75. The van der Waals surface area contributed by atoms with Crippen LogP contribution < -0.4 is 0 Å². The molecule has 164 valence electrons. The van der Waals surface area contributed by atoms with Gasteiger partial charge in [-0.25, -0.2) is 0 Å². The van der Waals surface area contributed by atoms with Crippen molar-refractivity contribution in [3.05, 3.63) is 77.1 Å². The summed E-state index contributed by atoms with van der Waals surface area (Å²) >= 11 is 25.3. The zero-order valence-electron chi connectivity index (χ0n) is 16.5. The summed E-state index contributed by atoms with van der Waals surface area (Å²) in [5, 5.41) is 0. The summed E-state index contributed by atoms with van der Waals surface area (Å²) in [6.45, 7) is 0. The lowest BCUT2D eigenvalue weighted by Gasteiger charge is -2.12. The molecule has 2 aliphatic rings. The Balaban J connectivity index is 0.000000135. The second-order valence-corrected chi connectivity index (χ2v) is 18.2. The Morgan fingerprint density at radius 1 is 0.438 bits per heavy atom. The Hall–Kier alpha value is 0.380. The molecule has 4 aromatic rings. The largest absolute Gasteiger partial charge is 0.145 e. The molecule has 0 atom stereocenters. The molecule has 0 bridgehead atoms. The molecule has 0 saturated carbocycles. The van der Waals surface area contributed by atoms with E-state index in [1.165, 1.54) is 39.1 Å². The van der Waals surface area contributed by atoms with Crippen molar-refractivity contribution in [3.8, 4) is 0 Å². The molecule has 0 spiro atoms. The lowest BCUT2D eigenvalue weighted by molar-refractivity contribution is 1.26. The van der Waals surface area contributed by atoms with Crippen LogP contribution in [0.4, 0.5) is 0 Å². The highest BCUT2D eigenvalue weighted by Crippen LogP contribution is 2.46. The molecule has 32 heavy (non-hydrogen) atoms. The van der Waals surface area contributed by atoms with Gasteiger partial charge in [-0.3, -0.25) is 0 Å². The molecule has 0 nitrogen and oxygen atoms in total. The van der Waals surface area contributed by atoms with E-state index in [1.807, 2.05) is 47.0 Å². The molecule has 0 unspecified atom stereocenters. The third-order valence-electron chi connectivity index (χ3n) is 4.71. The Bertz CT molecular complexity index is 1140. The maximum absolute atomic E-state index is 5.27. The number of thioether (sulfide) groups is 4. The SMILES string of the molecule is S=c1sc2c(s1)SCc1ccccc1CS2.S=c1sc2c(s1)SCc1ccccc1CS2. The highest BCUT2D eigenvalue weighted by molar-refractivity contribution is 8.05. The van der Waals surface area contributed by atoms with Crippen LogP contribution in [0, 0.1) is 6.28 Å². The van der Waals surface area contributed by atoms with E-state index in [0.29, 0.717) is 0 Å². The summed E-state index contributed by atoms with van der Waals surface area (Å²) in [7, 11) is 0. The van der Waals surface area contributed by atoms with Crippen LogP contribution in [0.3, 0.4) is 0 Å². The van der Waals surface area contributed by atoms with Crippen LogP contribution in [0.25, 0.3) is 0 Å². The summed E-state index contributed by atoms with van der Waals surface area (Å²) in [5.41, 5.74) is 5.87. The van der Waals surface area contributed by atoms with Crippen LogP contribution >= 0.6 is 117 Å². The van der Waals surface area contributed by atoms with E-state index < -0.39 is 0 Å². The minimum atomic E-state index is 1.05. The van der Waals surface area contributed by atoms with Crippen LogP contribution in [-0.4, -0.2) is 0 Å². The second-order valence-electron chi connectivity index (χ2n) is 6.75. The second kappa shape index (κ2) is 11.4. The van der Waals surface area contributed by atoms with Gasteiger partial charge >= 0.3 is 0 Å². The fourth-order valence-corrected chi connectivity index (χ4v) is 15.5. The van der Waals surface area contributed by atoms with Gasteiger partial charge in [0.15, 0.2) is 0 Å². The van der Waals surface area contributed by atoms with Crippen molar-refractivity contribution in [1.29, 1.82) is 0 Å². The Labute approximate surface area is 231 Å². The van der Waals surface area contributed by atoms with Crippen LogP contribution in [0.2, 0.25) is 0 Å². The highest BCUT2D eigenvalue weighted by atomic mass is 32.2. The van der Waals surface area contributed by atoms with Crippen molar-refractivity contribution in [2.24, 2.45) is 0 Å². The molecule has 0 fully saturated rings. The third-order valence-corrected chi connectivity index (χ3v) is 16.1. The van der Waals surface area contributed by atoms with Gasteiger partial charge < -0.3 is 0 Å². The fraction of sp³-hybridized carbons (Fsp3) is 0.182. The summed E-state index contributed by atoms with van der Waals surface area (Å²) in [4.78, 5) is 0. The van der Waals surface area contributed by atoms with Crippen molar-refractivity contribution in [2.75, 3.05) is 0 Å². The van der Waals surface area contributed by atoms with Gasteiger partial charge in [-0.05, 0) is 22.3 Å². The first-order valence-electron chi connectivity index (χ1n) is 9.58. The van der Waals surface area contributed by atoms with Crippen molar-refractivity contribution < 1.29 is 0 Å². The minimum Gasteiger partial charge on any atom is -0.109 e. The van der Waals surface area contributed by atoms with E-state index in [-0.39, 0.29) is 0 Å². The first-order valence-corrected chi connectivity index (χ1v) is 17.6. The van der Waals surface area contributed by atoms with E-state index in [1.54, 1.807) is 45.3 Å². The summed E-state index contributed by atoms with van der Waals surface area (Å²) in [5.74, 6) is 4.30. The Morgan fingerprint density at radius 3 is 0.938 bits per heavy atom. The molecule has 2 aromatic carbocycles. The normalized spacial score (nSPS) is 14.8. The van der Waals surface area contributed by atoms with Gasteiger partial charge in [0.2, 0.25) is 0 Å². The highest BCUT2D eigenvalue weighted by Gasteiger charge is 2.15. The van der Waals surface area contributed by atoms with E-state index in [0.717, 1.165) is 29.3 Å². The van der Waals surface area contributed by atoms with E-state index in [2.05, 4.69) is 48.5 Å². The zero-order valence-corrected chi connectivity index (χ0v) is 24.7. The lowest BCUT2D eigenvalue weighted by atomic mass is 10.1. The average Bonchev–Trinajstić information content (AvgIpc) is 3.32. The summed E-state index contributed by atoms with van der Waals surface area (Å²) in [6.07, 6.45) is 0. The zero-order chi connectivity index (χ0) is 21.9. The maximum atomic E-state index is 5.27. The number of benzene rings is 2. The van der Waals surface area contributed by atoms with Gasteiger partial charge in [0.1, 0.15) is 6.28 Å². The molecule has 0 saturated heterocycles. The standard InChI is InChI=1S/2C11H8S5/c2*12-11-15-9-10(16-11)14-6-8-4-2-1-3-7(8)5-13-9/h2*1-4H,5-6H2. The van der Waals surface area contributed by atoms with Crippen LogP contribution in [-0.2, 0) is 23.0 Å². The van der Waals surface area contributed by atoms with E-state index in [9.17, 15) is 0 Å². The molecule has 0 amide bonds. The summed E-state index contributed by atoms with van der Waals surface area (Å²) in [6, 6.07) is 17.5. The van der Waals surface area contributed by atoms with Crippen molar-refractivity contribution in [1.82, 2.24) is 0 Å². The van der Waals surface area contributed by atoms with Crippen molar-refractivity contribution in [3.63, 3.8) is 0 Å². The topological polar surface area (TPSA) is 0 Å². The van der Waals surface area contributed by atoms with Gasteiger partial charge in [-0.2, -0.15) is 0 Å². The van der Waals surface area contributed by atoms with Gasteiger partial charge in [0.25, 0.3) is 0 Å². The molecule has 2 aliphatic heterocycles. The third kappa shape index (κ3) is 5.95. The van der Waals surface area contributed by atoms with Gasteiger partial charge in [-0.15, -0.1) is 92.4 Å². The van der Waals surface area contributed by atoms with Gasteiger partial charge in [0.05, 0.1) is 16.8 Å². The molecule has 0 N–H and O–H groups in total. The van der Waals surface area contributed by atoms with Crippen LogP contribution in [0.5, 0.6) is 0 Å². The molecular weight excluding hydrogens is 585 g/mol. The molecule has 0 radical (unpaired) electrons. The number of hydrogen-bond acceptors (Lipinski definition) is 10. The number of rotatable bonds is 0. The minimum absolute atomic E-state index is 1.05. The van der Waals surface area contributed by atoms with E-state index >= 15 is 0 Å². The predicted molar refractivity (Wildman–Crippen MR) is 157 cm³/mol. The fourth-order valence-electron chi connectivity index (χ4n) is 3.12. The maximum Gasteiger partial charge on any atom is 0.145 e. The monoisotopic (exact) mass is 600 g/mol. The number of hydrogen-bond donors (Lipinski definition) is 0. The van der Waals surface area contributed by atoms with Crippen LogP contribution in [0.15, 0.2) is 65.4 Å².